The number of hydrogen-bond acceptors (Lipinski definition) is 14. The topological polar surface area (TPSA) is 165 Å². The molecule has 0 fully saturated rings. The molecule has 2 N–H and O–H groups in total. The molecule has 0 unspecified atom stereocenters. The van der Waals surface area contributed by atoms with Gasteiger partial charge in [-0.2, -0.15) is 0 Å². The molecule has 2 rings (SSSR count). The first-order valence-electron chi connectivity index (χ1n) is 16.0. The van der Waals surface area contributed by atoms with Crippen LogP contribution in [0, 0.1) is 0 Å². The van der Waals surface area contributed by atoms with Gasteiger partial charge in [-0.1, -0.05) is 12.1 Å². The molecule has 1 heterocycles. The number of rotatable bonds is 34. The van der Waals surface area contributed by atoms with E-state index in [1.54, 1.807) is 6.07 Å². The van der Waals surface area contributed by atoms with Crippen molar-refractivity contribution in [3.8, 4) is 5.75 Å². The van der Waals surface area contributed by atoms with Crippen LogP contribution in [0.3, 0.4) is 0 Å². The van der Waals surface area contributed by atoms with Crippen molar-refractivity contribution in [1.29, 1.82) is 0 Å². The van der Waals surface area contributed by atoms with Crippen LogP contribution in [0.4, 0.5) is 5.69 Å². The Hall–Kier alpha value is -2.70. The van der Waals surface area contributed by atoms with E-state index in [9.17, 15) is 9.59 Å². The molecule has 0 aromatic heterocycles. The number of nitrogens with zero attached hydrogens (tertiary/aromatic N) is 1. The van der Waals surface area contributed by atoms with E-state index in [4.69, 9.17) is 57.8 Å². The van der Waals surface area contributed by atoms with Crippen LogP contribution in [0.15, 0.2) is 36.4 Å². The highest BCUT2D eigenvalue weighted by Gasteiger charge is 2.22. The zero-order valence-electron chi connectivity index (χ0n) is 27.4. The summed E-state index contributed by atoms with van der Waals surface area (Å²) in [6, 6.07) is 7.36. The van der Waals surface area contributed by atoms with Gasteiger partial charge in [0.25, 0.3) is 11.8 Å². The molecule has 2 amide bonds. The first kappa shape index (κ1) is 40.5. The number of para-hydroxylation sites is 2. The number of ether oxygens (including phenoxy) is 11. The molecule has 0 radical (unpaired) electrons. The number of nitrogen functional groups attached to an aromatic ring is 1. The number of amides is 2. The maximum absolute atomic E-state index is 11.4. The second-order valence-electron chi connectivity index (χ2n) is 9.67. The second-order valence-corrected chi connectivity index (χ2v) is 9.67. The minimum Gasteiger partial charge on any atom is -0.489 e. The Bertz CT molecular complexity index is 935. The van der Waals surface area contributed by atoms with E-state index < -0.39 is 0 Å². The molecule has 1 aliphatic heterocycles. The summed E-state index contributed by atoms with van der Waals surface area (Å²) in [5, 5.41) is 0. The lowest BCUT2D eigenvalue weighted by Gasteiger charge is -2.13. The van der Waals surface area contributed by atoms with Gasteiger partial charge in [-0.05, 0) is 12.1 Å². The number of anilines is 1. The molecular formula is C32H52N2O13. The van der Waals surface area contributed by atoms with Gasteiger partial charge >= 0.3 is 0 Å². The van der Waals surface area contributed by atoms with Gasteiger partial charge in [0, 0.05) is 12.2 Å². The van der Waals surface area contributed by atoms with Crippen molar-refractivity contribution in [2.45, 2.75) is 0 Å². The highest BCUT2D eigenvalue weighted by Crippen LogP contribution is 2.19. The molecule has 0 bridgehead atoms. The van der Waals surface area contributed by atoms with E-state index in [1.807, 2.05) is 18.2 Å². The van der Waals surface area contributed by atoms with Crippen molar-refractivity contribution in [3.63, 3.8) is 0 Å². The SMILES string of the molecule is Nc1ccccc1OCCOCCOCCOCCOCCOCCOCCOCCOCCOCCOCCN1C(=O)C=CC1=O. The summed E-state index contributed by atoms with van der Waals surface area (Å²) in [6.07, 6.45) is 2.51. The molecule has 1 aromatic rings. The van der Waals surface area contributed by atoms with Crippen molar-refractivity contribution in [2.24, 2.45) is 0 Å². The van der Waals surface area contributed by atoms with Crippen LogP contribution >= 0.6 is 0 Å². The fraction of sp³-hybridized carbons (Fsp3) is 0.688. The van der Waals surface area contributed by atoms with Gasteiger partial charge in [0.15, 0.2) is 0 Å². The van der Waals surface area contributed by atoms with Gasteiger partial charge < -0.3 is 57.8 Å². The Balaban J connectivity index is 1.15. The smallest absolute Gasteiger partial charge is 0.253 e. The molecule has 0 saturated carbocycles. The summed E-state index contributed by atoms with van der Waals surface area (Å²) in [4.78, 5) is 23.9. The average Bonchev–Trinajstić information content (AvgIpc) is 3.40. The van der Waals surface area contributed by atoms with Gasteiger partial charge in [0.1, 0.15) is 12.4 Å². The van der Waals surface area contributed by atoms with Crippen LogP contribution in [0.1, 0.15) is 0 Å². The molecule has 0 saturated heterocycles. The summed E-state index contributed by atoms with van der Waals surface area (Å²) < 4.78 is 60.0. The van der Waals surface area contributed by atoms with E-state index in [2.05, 4.69) is 0 Å². The number of benzene rings is 1. The van der Waals surface area contributed by atoms with Gasteiger partial charge in [-0.25, -0.2) is 0 Å². The summed E-state index contributed by atoms with van der Waals surface area (Å²) in [5.74, 6) is 0.0469. The first-order chi connectivity index (χ1) is 23.2. The first-order valence-corrected chi connectivity index (χ1v) is 16.0. The highest BCUT2D eigenvalue weighted by molar-refractivity contribution is 6.12. The summed E-state index contributed by atoms with van der Waals surface area (Å²) >= 11 is 0. The Morgan fingerprint density at radius 1 is 0.426 bits per heavy atom. The number of carbonyl (C=O) groups excluding carboxylic acids is 2. The maximum Gasteiger partial charge on any atom is 0.253 e. The standard InChI is InChI=1S/C32H52N2O13/c33-29-3-1-2-4-30(29)47-28-27-46-26-25-45-24-23-44-22-21-43-20-19-42-18-17-41-16-15-40-14-13-39-12-11-38-10-9-37-8-7-34-31(35)5-6-32(34)36/h1-6H,7-28,33H2. The predicted molar refractivity (Wildman–Crippen MR) is 170 cm³/mol. The zero-order chi connectivity index (χ0) is 33.5. The van der Waals surface area contributed by atoms with Crippen molar-refractivity contribution in [3.05, 3.63) is 36.4 Å². The lowest BCUT2D eigenvalue weighted by Crippen LogP contribution is -2.33. The summed E-state index contributed by atoms with van der Waals surface area (Å²) in [6.45, 7) is 9.87. The Kier molecular flexibility index (Phi) is 25.4. The average molecular weight is 673 g/mol. The largest absolute Gasteiger partial charge is 0.489 e. The normalized spacial score (nSPS) is 12.9. The van der Waals surface area contributed by atoms with E-state index in [-0.39, 0.29) is 25.0 Å². The molecule has 0 aliphatic carbocycles. The Morgan fingerprint density at radius 2 is 0.723 bits per heavy atom. The third kappa shape index (κ3) is 22.5. The van der Waals surface area contributed by atoms with Gasteiger partial charge in [0.2, 0.25) is 0 Å². The molecule has 0 spiro atoms. The zero-order valence-corrected chi connectivity index (χ0v) is 27.4. The fourth-order valence-electron chi connectivity index (χ4n) is 3.71. The van der Waals surface area contributed by atoms with Crippen molar-refractivity contribution < 1.29 is 61.7 Å². The van der Waals surface area contributed by atoms with Gasteiger partial charge in [-0.3, -0.25) is 14.5 Å². The van der Waals surface area contributed by atoms with Crippen LogP contribution in [0.2, 0.25) is 0 Å². The van der Waals surface area contributed by atoms with Crippen molar-refractivity contribution >= 4 is 17.5 Å². The molecule has 268 valence electrons. The van der Waals surface area contributed by atoms with Gasteiger partial charge in [0.05, 0.1) is 144 Å². The molecule has 47 heavy (non-hydrogen) atoms. The van der Waals surface area contributed by atoms with Crippen molar-refractivity contribution in [1.82, 2.24) is 4.90 Å². The van der Waals surface area contributed by atoms with Crippen molar-refractivity contribution in [2.75, 3.05) is 151 Å². The van der Waals surface area contributed by atoms with Crippen LogP contribution in [-0.2, 0) is 57.0 Å². The van der Waals surface area contributed by atoms with Crippen LogP contribution in [-0.4, -0.2) is 162 Å². The maximum atomic E-state index is 11.4. The molecule has 1 aromatic carbocycles. The number of imide groups is 1. The summed E-state index contributed by atoms with van der Waals surface area (Å²) in [7, 11) is 0. The Morgan fingerprint density at radius 3 is 1.06 bits per heavy atom. The Labute approximate surface area is 277 Å². The predicted octanol–water partition coefficient (Wildman–Crippen LogP) is 0.739. The highest BCUT2D eigenvalue weighted by atomic mass is 16.6. The second kappa shape index (κ2) is 29.4. The fourth-order valence-corrected chi connectivity index (χ4v) is 3.71. The van der Waals surface area contributed by atoms with E-state index in [0.717, 1.165) is 4.90 Å². The molecular weight excluding hydrogens is 620 g/mol. The minimum atomic E-state index is -0.308. The molecule has 1 aliphatic rings. The lowest BCUT2D eigenvalue weighted by atomic mass is 10.3. The number of hydrogen-bond donors (Lipinski definition) is 1. The van der Waals surface area contributed by atoms with E-state index in [0.29, 0.717) is 144 Å². The van der Waals surface area contributed by atoms with Crippen LogP contribution in [0.25, 0.3) is 0 Å². The van der Waals surface area contributed by atoms with Crippen LogP contribution in [0.5, 0.6) is 5.75 Å². The summed E-state index contributed by atoms with van der Waals surface area (Å²) in [5.41, 5.74) is 6.43. The monoisotopic (exact) mass is 672 g/mol. The quantitative estimate of drug-likeness (QED) is 0.0619. The lowest BCUT2D eigenvalue weighted by molar-refractivity contribution is -0.137. The molecule has 15 heteroatoms. The molecule has 0 atom stereocenters. The third-order valence-electron chi connectivity index (χ3n) is 6.11. The third-order valence-corrected chi connectivity index (χ3v) is 6.11. The molecule has 15 nitrogen and oxygen atoms in total. The number of nitrogens with two attached hydrogens (primary N) is 1. The van der Waals surface area contributed by atoms with E-state index >= 15 is 0 Å². The van der Waals surface area contributed by atoms with E-state index in [1.165, 1.54) is 12.2 Å². The number of carbonyl (C=O) groups is 2. The van der Waals surface area contributed by atoms with Gasteiger partial charge in [-0.15, -0.1) is 0 Å². The minimum absolute atomic E-state index is 0.238. The van der Waals surface area contributed by atoms with Crippen LogP contribution < -0.4 is 10.5 Å².